The lowest BCUT2D eigenvalue weighted by atomic mass is 9.91. The summed E-state index contributed by atoms with van der Waals surface area (Å²) in [6.45, 7) is 0.696. The molecule has 0 aromatic heterocycles. The molecule has 5 atom stereocenters. The second kappa shape index (κ2) is 13.9. The lowest BCUT2D eigenvalue weighted by Gasteiger charge is -2.39. The van der Waals surface area contributed by atoms with Crippen LogP contribution in [0.5, 0.6) is 17.2 Å². The number of hydrogen-bond acceptors (Lipinski definition) is 10. The van der Waals surface area contributed by atoms with Crippen molar-refractivity contribution in [3.63, 3.8) is 0 Å². The molecule has 11 heteroatoms. The van der Waals surface area contributed by atoms with Crippen molar-refractivity contribution < 1.29 is 54.8 Å². The SMILES string of the molecule is Cc1c(C(=O)CCc2ccccc2CCc2ccccc2)c(O)c2c(O[C@H]3O[C@H](CO)[C@@H](O)[C@H](O)[C@H]3O)cc(C(=O)O)cc2c1O. The zero-order chi connectivity index (χ0) is 33.1. The summed E-state index contributed by atoms with van der Waals surface area (Å²) < 4.78 is 11.2. The van der Waals surface area contributed by atoms with Gasteiger partial charge in [0, 0.05) is 17.4 Å². The van der Waals surface area contributed by atoms with Crippen molar-refractivity contribution in [1.82, 2.24) is 0 Å². The van der Waals surface area contributed by atoms with Gasteiger partial charge >= 0.3 is 5.97 Å². The molecule has 0 saturated carbocycles. The Morgan fingerprint density at radius 1 is 0.826 bits per heavy atom. The number of aliphatic hydroxyl groups is 4. The third-order valence-corrected chi connectivity index (χ3v) is 8.44. The lowest BCUT2D eigenvalue weighted by Crippen LogP contribution is -2.60. The summed E-state index contributed by atoms with van der Waals surface area (Å²) in [6, 6.07) is 19.9. The van der Waals surface area contributed by atoms with Crippen molar-refractivity contribution in [2.75, 3.05) is 6.61 Å². The molecule has 0 aliphatic carbocycles. The third kappa shape index (κ3) is 6.55. The largest absolute Gasteiger partial charge is 0.507 e. The summed E-state index contributed by atoms with van der Waals surface area (Å²) >= 11 is 0. The number of Topliss-reactive ketones (excluding diaryl/α,β-unsaturated/α-hetero) is 1. The molecule has 11 nitrogen and oxygen atoms in total. The van der Waals surface area contributed by atoms with E-state index in [9.17, 15) is 45.3 Å². The van der Waals surface area contributed by atoms with E-state index in [1.165, 1.54) is 12.5 Å². The van der Waals surface area contributed by atoms with Crippen molar-refractivity contribution in [3.05, 3.63) is 100 Å². The number of fused-ring (bicyclic) bond motifs is 1. The van der Waals surface area contributed by atoms with Crippen molar-refractivity contribution in [3.8, 4) is 17.2 Å². The number of phenolic OH excluding ortho intramolecular Hbond substituents is 2. The number of aliphatic hydroxyl groups excluding tert-OH is 4. The molecule has 1 aliphatic rings. The van der Waals surface area contributed by atoms with E-state index in [4.69, 9.17) is 9.47 Å². The molecule has 4 aromatic rings. The van der Waals surface area contributed by atoms with Crippen LogP contribution in [0.1, 0.15) is 49.4 Å². The maximum atomic E-state index is 13.7. The highest BCUT2D eigenvalue weighted by Crippen LogP contribution is 2.45. The van der Waals surface area contributed by atoms with Gasteiger partial charge in [0.25, 0.3) is 0 Å². The summed E-state index contributed by atoms with van der Waals surface area (Å²) in [7, 11) is 0. The molecule has 242 valence electrons. The molecule has 1 heterocycles. The summed E-state index contributed by atoms with van der Waals surface area (Å²) in [4.78, 5) is 25.6. The first-order valence-electron chi connectivity index (χ1n) is 14.9. The first-order valence-corrected chi connectivity index (χ1v) is 14.9. The fraction of sp³-hybridized carbons (Fsp3) is 0.314. The molecule has 1 saturated heterocycles. The van der Waals surface area contributed by atoms with Gasteiger partial charge in [0.1, 0.15) is 41.7 Å². The van der Waals surface area contributed by atoms with Gasteiger partial charge in [0.05, 0.1) is 23.1 Å². The van der Waals surface area contributed by atoms with Crippen LogP contribution in [0.15, 0.2) is 66.7 Å². The van der Waals surface area contributed by atoms with Crippen LogP contribution in [0.2, 0.25) is 0 Å². The maximum absolute atomic E-state index is 13.7. The minimum absolute atomic E-state index is 0.0161. The molecule has 1 fully saturated rings. The molecular formula is C35H36O11. The van der Waals surface area contributed by atoms with Gasteiger partial charge in [-0.1, -0.05) is 54.6 Å². The van der Waals surface area contributed by atoms with E-state index >= 15 is 0 Å². The van der Waals surface area contributed by atoms with Gasteiger partial charge in [-0.15, -0.1) is 0 Å². The van der Waals surface area contributed by atoms with Crippen LogP contribution < -0.4 is 4.74 Å². The van der Waals surface area contributed by atoms with Gasteiger partial charge in [-0.2, -0.15) is 0 Å². The van der Waals surface area contributed by atoms with Crippen LogP contribution in [0, 0.1) is 6.92 Å². The van der Waals surface area contributed by atoms with E-state index in [1.54, 1.807) is 0 Å². The molecule has 4 aromatic carbocycles. The van der Waals surface area contributed by atoms with Gasteiger partial charge in [-0.3, -0.25) is 4.79 Å². The number of benzene rings is 4. The van der Waals surface area contributed by atoms with Crippen LogP contribution in [-0.4, -0.2) is 84.8 Å². The van der Waals surface area contributed by atoms with Crippen LogP contribution in [0.3, 0.4) is 0 Å². The second-order valence-electron chi connectivity index (χ2n) is 11.4. The Hall–Kier alpha value is -4.52. The molecule has 5 rings (SSSR count). The summed E-state index contributed by atoms with van der Waals surface area (Å²) in [5, 5.41) is 72.4. The lowest BCUT2D eigenvalue weighted by molar-refractivity contribution is -0.277. The highest BCUT2D eigenvalue weighted by Gasteiger charge is 2.45. The predicted octanol–water partition coefficient (Wildman–Crippen LogP) is 3.04. The number of carboxylic acids is 1. The molecule has 0 unspecified atom stereocenters. The zero-order valence-electron chi connectivity index (χ0n) is 25.0. The minimum Gasteiger partial charge on any atom is -0.507 e. The Morgan fingerprint density at radius 2 is 1.48 bits per heavy atom. The number of carbonyl (C=O) groups excluding carboxylic acids is 1. The average molecular weight is 633 g/mol. The number of aromatic hydroxyl groups is 2. The zero-order valence-corrected chi connectivity index (χ0v) is 25.0. The van der Waals surface area contributed by atoms with Gasteiger partial charge in [0.15, 0.2) is 5.78 Å². The molecule has 0 amide bonds. The summed E-state index contributed by atoms with van der Waals surface area (Å²) in [6.07, 6.45) is -6.43. The van der Waals surface area contributed by atoms with Crippen LogP contribution >= 0.6 is 0 Å². The number of carboxylic acid groups (broad SMARTS) is 1. The van der Waals surface area contributed by atoms with Gasteiger partial charge in [-0.25, -0.2) is 4.79 Å². The van der Waals surface area contributed by atoms with Gasteiger partial charge < -0.3 is 45.2 Å². The first-order chi connectivity index (χ1) is 22.0. The van der Waals surface area contributed by atoms with Crippen LogP contribution in [0.25, 0.3) is 10.8 Å². The normalized spacial score (nSPS) is 21.3. The number of aryl methyl sites for hydroxylation is 3. The Balaban J connectivity index is 1.48. The second-order valence-corrected chi connectivity index (χ2v) is 11.4. The monoisotopic (exact) mass is 632 g/mol. The topological polar surface area (TPSA) is 194 Å². The Labute approximate surface area is 264 Å². The highest BCUT2D eigenvalue weighted by atomic mass is 16.7. The smallest absolute Gasteiger partial charge is 0.335 e. The van der Waals surface area contributed by atoms with E-state index in [-0.39, 0.29) is 39.6 Å². The molecule has 7 N–H and O–H groups in total. The Morgan fingerprint density at radius 3 is 2.13 bits per heavy atom. The number of phenols is 2. The van der Waals surface area contributed by atoms with Crippen molar-refractivity contribution >= 4 is 22.5 Å². The standard InChI is InChI=1S/C35H36O11/c1-18-27(24(37)14-13-21-10-6-5-9-20(21)12-11-19-7-3-2-4-8-19)31(40)28-23(29(18)38)15-22(34(43)44)16-25(28)45-35-33(42)32(41)30(39)26(17-36)46-35/h2-10,15-16,26,30,32-33,35-36,38-42H,11-14,17H2,1H3,(H,43,44)/t26-,30-,32+,33-,35+/m1/s1. The molecule has 46 heavy (non-hydrogen) atoms. The number of ketones is 1. The maximum Gasteiger partial charge on any atom is 0.335 e. The van der Waals surface area contributed by atoms with Gasteiger partial charge in [-0.05, 0) is 55.0 Å². The quantitative estimate of drug-likeness (QED) is 0.0949. The predicted molar refractivity (Wildman–Crippen MR) is 166 cm³/mol. The Kier molecular flexibility index (Phi) is 9.90. The highest BCUT2D eigenvalue weighted by molar-refractivity contribution is 6.11. The van der Waals surface area contributed by atoms with E-state index in [0.29, 0.717) is 6.42 Å². The number of rotatable bonds is 11. The molecular weight excluding hydrogens is 596 g/mol. The van der Waals surface area contributed by atoms with E-state index in [1.807, 2.05) is 42.5 Å². The van der Waals surface area contributed by atoms with Crippen molar-refractivity contribution in [2.45, 2.75) is 63.3 Å². The Bertz CT molecular complexity index is 1730. The number of ether oxygens (including phenoxy) is 2. The first kappa shape index (κ1) is 32.9. The molecule has 0 bridgehead atoms. The number of hydrogen-bond donors (Lipinski definition) is 7. The van der Waals surface area contributed by atoms with Crippen molar-refractivity contribution in [2.24, 2.45) is 0 Å². The van der Waals surface area contributed by atoms with E-state index in [2.05, 4.69) is 12.1 Å². The van der Waals surface area contributed by atoms with E-state index in [0.717, 1.165) is 36.1 Å². The van der Waals surface area contributed by atoms with Crippen LogP contribution in [0.4, 0.5) is 0 Å². The fourth-order valence-electron chi connectivity index (χ4n) is 5.86. The third-order valence-electron chi connectivity index (χ3n) is 8.44. The fourth-order valence-corrected chi connectivity index (χ4v) is 5.86. The summed E-state index contributed by atoms with van der Waals surface area (Å²) in [5.74, 6) is -3.30. The molecule has 1 aliphatic heterocycles. The number of aromatic carboxylic acids is 1. The summed E-state index contributed by atoms with van der Waals surface area (Å²) in [5.41, 5.74) is 2.73. The molecule has 0 radical (unpaired) electrons. The van der Waals surface area contributed by atoms with Crippen LogP contribution in [-0.2, 0) is 24.0 Å². The number of carbonyl (C=O) groups is 2. The molecule has 0 spiro atoms. The van der Waals surface area contributed by atoms with Gasteiger partial charge in [0.2, 0.25) is 6.29 Å². The van der Waals surface area contributed by atoms with E-state index < -0.39 is 60.6 Å². The van der Waals surface area contributed by atoms with Crippen molar-refractivity contribution in [1.29, 1.82) is 0 Å². The average Bonchev–Trinajstić information content (AvgIpc) is 3.06. The minimum atomic E-state index is -1.84.